The average molecular weight is 238 g/mol. The molecule has 0 aliphatic carbocycles. The number of nitrogens with one attached hydrogen (secondary N) is 1. The van der Waals surface area contributed by atoms with Crippen molar-refractivity contribution in [2.45, 2.75) is 33.7 Å². The van der Waals surface area contributed by atoms with Crippen LogP contribution in [0, 0.1) is 11.3 Å². The van der Waals surface area contributed by atoms with Crippen molar-refractivity contribution in [2.24, 2.45) is 24.1 Å². The first-order valence-electron chi connectivity index (χ1n) is 6.28. The maximum absolute atomic E-state index is 6.10. The van der Waals surface area contributed by atoms with E-state index in [0.29, 0.717) is 11.3 Å². The first-order valence-corrected chi connectivity index (χ1v) is 6.28. The minimum absolute atomic E-state index is 0.0201. The third-order valence-electron chi connectivity index (χ3n) is 3.66. The Bertz CT molecular complexity index is 341. The molecule has 0 aliphatic heterocycles. The van der Waals surface area contributed by atoms with E-state index in [9.17, 15) is 0 Å². The summed E-state index contributed by atoms with van der Waals surface area (Å²) in [6.07, 6.45) is 3.81. The third-order valence-corrected chi connectivity index (χ3v) is 3.66. The van der Waals surface area contributed by atoms with Crippen LogP contribution in [0.4, 0.5) is 0 Å². The van der Waals surface area contributed by atoms with E-state index in [0.717, 1.165) is 18.7 Å². The van der Waals surface area contributed by atoms with Gasteiger partial charge in [0.25, 0.3) is 0 Å². The van der Waals surface area contributed by atoms with E-state index in [2.05, 4.69) is 38.1 Å². The maximum Gasteiger partial charge on any atom is 0.0537 e. The smallest absolute Gasteiger partial charge is 0.0537 e. The number of nitrogens with zero attached hydrogens (tertiary/aromatic N) is 2. The number of hydrogen-bond donors (Lipinski definition) is 2. The molecule has 98 valence electrons. The summed E-state index contributed by atoms with van der Waals surface area (Å²) in [5.74, 6) is 0.657. The van der Waals surface area contributed by atoms with Crippen LogP contribution >= 0.6 is 0 Å². The van der Waals surface area contributed by atoms with E-state index in [1.165, 1.54) is 0 Å². The Morgan fingerprint density at radius 3 is 2.59 bits per heavy atom. The lowest BCUT2D eigenvalue weighted by atomic mass is 9.81. The van der Waals surface area contributed by atoms with Crippen LogP contribution in [-0.4, -0.2) is 22.9 Å². The van der Waals surface area contributed by atoms with E-state index in [1.807, 2.05) is 19.4 Å². The number of rotatable bonds is 6. The van der Waals surface area contributed by atoms with Crippen molar-refractivity contribution >= 4 is 0 Å². The lowest BCUT2D eigenvalue weighted by Crippen LogP contribution is -2.37. The number of aryl methyl sites for hydroxylation is 1. The predicted molar refractivity (Wildman–Crippen MR) is 71.6 cm³/mol. The Morgan fingerprint density at radius 2 is 2.12 bits per heavy atom. The molecule has 0 aromatic carbocycles. The highest BCUT2D eigenvalue weighted by Crippen LogP contribution is 2.24. The predicted octanol–water partition coefficient (Wildman–Crippen LogP) is 1.69. The summed E-state index contributed by atoms with van der Waals surface area (Å²) >= 11 is 0. The summed E-state index contributed by atoms with van der Waals surface area (Å²) in [4.78, 5) is 0. The van der Waals surface area contributed by atoms with Gasteiger partial charge in [-0.3, -0.25) is 4.68 Å². The lowest BCUT2D eigenvalue weighted by Gasteiger charge is -2.30. The SMILES string of the molecule is CC(C)C(C)(C)CNCC(N)c1cnn(C)c1. The largest absolute Gasteiger partial charge is 0.323 e. The second-order valence-corrected chi connectivity index (χ2v) is 5.83. The van der Waals surface area contributed by atoms with Gasteiger partial charge in [-0.2, -0.15) is 5.10 Å². The zero-order valence-corrected chi connectivity index (χ0v) is 11.7. The molecule has 1 heterocycles. The van der Waals surface area contributed by atoms with E-state index in [-0.39, 0.29) is 6.04 Å². The zero-order valence-electron chi connectivity index (χ0n) is 11.7. The van der Waals surface area contributed by atoms with Gasteiger partial charge in [-0.25, -0.2) is 0 Å². The molecule has 0 bridgehead atoms. The summed E-state index contributed by atoms with van der Waals surface area (Å²) in [6, 6.07) is 0.0201. The first kappa shape index (κ1) is 14.2. The van der Waals surface area contributed by atoms with Gasteiger partial charge in [0, 0.05) is 37.9 Å². The van der Waals surface area contributed by atoms with E-state index < -0.39 is 0 Å². The topological polar surface area (TPSA) is 55.9 Å². The summed E-state index contributed by atoms with van der Waals surface area (Å²) < 4.78 is 1.78. The van der Waals surface area contributed by atoms with Crippen LogP contribution in [0.3, 0.4) is 0 Å². The minimum atomic E-state index is 0.0201. The summed E-state index contributed by atoms with van der Waals surface area (Å²) in [5.41, 5.74) is 7.48. The van der Waals surface area contributed by atoms with Crippen molar-refractivity contribution in [1.82, 2.24) is 15.1 Å². The molecule has 0 radical (unpaired) electrons. The molecule has 4 heteroatoms. The molecule has 1 rings (SSSR count). The Kier molecular flexibility index (Phi) is 4.71. The van der Waals surface area contributed by atoms with Crippen molar-refractivity contribution in [3.05, 3.63) is 18.0 Å². The quantitative estimate of drug-likeness (QED) is 0.793. The molecule has 3 N–H and O–H groups in total. The van der Waals surface area contributed by atoms with Gasteiger partial charge in [0.05, 0.1) is 6.20 Å². The molecule has 0 fully saturated rings. The lowest BCUT2D eigenvalue weighted by molar-refractivity contribution is 0.237. The van der Waals surface area contributed by atoms with Crippen LogP contribution in [0.25, 0.3) is 0 Å². The molecule has 0 spiro atoms. The molecular formula is C13H26N4. The van der Waals surface area contributed by atoms with E-state index in [1.54, 1.807) is 4.68 Å². The Morgan fingerprint density at radius 1 is 1.47 bits per heavy atom. The molecule has 0 amide bonds. The normalized spacial score (nSPS) is 14.3. The van der Waals surface area contributed by atoms with E-state index >= 15 is 0 Å². The molecule has 1 unspecified atom stereocenters. The van der Waals surface area contributed by atoms with Crippen molar-refractivity contribution in [3.63, 3.8) is 0 Å². The second-order valence-electron chi connectivity index (χ2n) is 5.83. The molecule has 1 atom stereocenters. The monoisotopic (exact) mass is 238 g/mol. The van der Waals surface area contributed by atoms with Gasteiger partial charge < -0.3 is 11.1 Å². The highest BCUT2D eigenvalue weighted by atomic mass is 15.2. The highest BCUT2D eigenvalue weighted by Gasteiger charge is 2.22. The zero-order chi connectivity index (χ0) is 13.1. The van der Waals surface area contributed by atoms with Gasteiger partial charge in [0.2, 0.25) is 0 Å². The van der Waals surface area contributed by atoms with Crippen molar-refractivity contribution in [1.29, 1.82) is 0 Å². The Hall–Kier alpha value is -0.870. The fourth-order valence-corrected chi connectivity index (χ4v) is 1.50. The fraction of sp³-hybridized carbons (Fsp3) is 0.769. The standard InChI is InChI=1S/C13H26N4/c1-10(2)13(3,4)9-15-7-12(14)11-6-16-17(5)8-11/h6,8,10,12,15H,7,9,14H2,1-5H3. The first-order chi connectivity index (χ1) is 7.83. The number of nitrogens with two attached hydrogens (primary N) is 1. The maximum atomic E-state index is 6.10. The van der Waals surface area contributed by atoms with Gasteiger partial charge in [-0.15, -0.1) is 0 Å². The van der Waals surface area contributed by atoms with Crippen LogP contribution in [0.15, 0.2) is 12.4 Å². The summed E-state index contributed by atoms with van der Waals surface area (Å²) in [6.45, 7) is 10.8. The van der Waals surface area contributed by atoms with Crippen LogP contribution in [-0.2, 0) is 7.05 Å². The second kappa shape index (κ2) is 5.65. The van der Waals surface area contributed by atoms with Crippen molar-refractivity contribution in [3.8, 4) is 0 Å². The van der Waals surface area contributed by atoms with Crippen molar-refractivity contribution in [2.75, 3.05) is 13.1 Å². The summed E-state index contributed by atoms with van der Waals surface area (Å²) in [5, 5.41) is 7.58. The molecule has 1 aromatic heterocycles. The molecule has 0 saturated carbocycles. The van der Waals surface area contributed by atoms with Gasteiger partial charge >= 0.3 is 0 Å². The fourth-order valence-electron chi connectivity index (χ4n) is 1.50. The van der Waals surface area contributed by atoms with Gasteiger partial charge in [-0.05, 0) is 11.3 Å². The molecule has 1 aromatic rings. The Labute approximate surface area is 105 Å². The van der Waals surface area contributed by atoms with E-state index in [4.69, 9.17) is 5.73 Å². The molecule has 0 saturated heterocycles. The van der Waals surface area contributed by atoms with Gasteiger partial charge in [0.1, 0.15) is 0 Å². The number of aromatic nitrogens is 2. The molecule has 0 aliphatic rings. The third kappa shape index (κ3) is 4.13. The van der Waals surface area contributed by atoms with Crippen molar-refractivity contribution < 1.29 is 0 Å². The molecule has 4 nitrogen and oxygen atoms in total. The average Bonchev–Trinajstić information content (AvgIpc) is 2.64. The summed E-state index contributed by atoms with van der Waals surface area (Å²) in [7, 11) is 1.91. The Balaban J connectivity index is 2.37. The minimum Gasteiger partial charge on any atom is -0.323 e. The van der Waals surface area contributed by atoms with Crippen LogP contribution in [0.1, 0.15) is 39.3 Å². The molecular weight excluding hydrogens is 212 g/mol. The van der Waals surface area contributed by atoms with Gasteiger partial charge in [0.15, 0.2) is 0 Å². The number of hydrogen-bond acceptors (Lipinski definition) is 3. The van der Waals surface area contributed by atoms with Gasteiger partial charge in [-0.1, -0.05) is 27.7 Å². The molecule has 17 heavy (non-hydrogen) atoms. The van der Waals surface area contributed by atoms with Crippen LogP contribution in [0.2, 0.25) is 0 Å². The highest BCUT2D eigenvalue weighted by molar-refractivity contribution is 5.09. The van der Waals surface area contributed by atoms with Crippen LogP contribution in [0.5, 0.6) is 0 Å². The van der Waals surface area contributed by atoms with Crippen LogP contribution < -0.4 is 11.1 Å².